The Balaban J connectivity index is 1.61. The van der Waals surface area contributed by atoms with Crippen LogP contribution in [0, 0.1) is 5.92 Å². The summed E-state index contributed by atoms with van der Waals surface area (Å²) in [5, 5.41) is 12.3. The maximum absolute atomic E-state index is 12.4. The molecule has 1 aliphatic carbocycles. The second-order valence-electron chi connectivity index (χ2n) is 4.81. The van der Waals surface area contributed by atoms with Crippen LogP contribution >= 0.6 is 0 Å². The first-order valence-corrected chi connectivity index (χ1v) is 6.26. The molecule has 0 aromatic carbocycles. The van der Waals surface area contributed by atoms with Crippen LogP contribution in [-0.2, 0) is 19.3 Å². The standard InChI is InChI=1S/C11H13F3N6/c12-11(13,14)9-17-10(19-18-9)15-5-8-3-4-16-20(8)6-7-1-2-7/h3-4,7H,1-2,5-6H2,(H2,15,17,18,19). The number of rotatable bonds is 5. The Kier molecular flexibility index (Phi) is 3.11. The molecular weight excluding hydrogens is 273 g/mol. The van der Waals surface area contributed by atoms with E-state index in [1.807, 2.05) is 15.8 Å². The molecular formula is C11H13F3N6. The number of alkyl halides is 3. The fourth-order valence-electron chi connectivity index (χ4n) is 1.86. The van der Waals surface area contributed by atoms with Crippen molar-refractivity contribution in [3.05, 3.63) is 23.8 Å². The van der Waals surface area contributed by atoms with Crippen molar-refractivity contribution in [2.75, 3.05) is 5.32 Å². The fourth-order valence-corrected chi connectivity index (χ4v) is 1.86. The Morgan fingerprint density at radius 3 is 2.85 bits per heavy atom. The van der Waals surface area contributed by atoms with Crippen LogP contribution in [0.25, 0.3) is 0 Å². The van der Waals surface area contributed by atoms with Crippen molar-refractivity contribution in [2.45, 2.75) is 32.1 Å². The number of nitrogens with one attached hydrogen (secondary N) is 2. The Bertz CT molecular complexity index is 583. The van der Waals surface area contributed by atoms with Gasteiger partial charge in [0.2, 0.25) is 11.8 Å². The Morgan fingerprint density at radius 2 is 2.20 bits per heavy atom. The summed E-state index contributed by atoms with van der Waals surface area (Å²) < 4.78 is 38.9. The van der Waals surface area contributed by atoms with Gasteiger partial charge in [0.05, 0.1) is 12.2 Å². The number of nitrogens with zero attached hydrogens (tertiary/aromatic N) is 4. The van der Waals surface area contributed by atoms with Crippen molar-refractivity contribution >= 4 is 5.95 Å². The number of H-pyrrole nitrogens is 1. The lowest BCUT2D eigenvalue weighted by atomic mass is 10.4. The molecule has 2 aromatic rings. The maximum atomic E-state index is 12.4. The summed E-state index contributed by atoms with van der Waals surface area (Å²) in [7, 11) is 0. The van der Waals surface area contributed by atoms with Crippen molar-refractivity contribution < 1.29 is 13.2 Å². The number of hydrogen-bond acceptors (Lipinski definition) is 4. The molecule has 6 nitrogen and oxygen atoms in total. The van der Waals surface area contributed by atoms with Crippen molar-refractivity contribution in [1.29, 1.82) is 0 Å². The molecule has 108 valence electrons. The van der Waals surface area contributed by atoms with Crippen molar-refractivity contribution in [3.63, 3.8) is 0 Å². The fraction of sp³-hybridized carbons (Fsp3) is 0.545. The van der Waals surface area contributed by atoms with E-state index in [-0.39, 0.29) is 5.95 Å². The molecule has 9 heteroatoms. The Hall–Kier alpha value is -2.06. The van der Waals surface area contributed by atoms with E-state index in [2.05, 4.69) is 20.5 Å². The van der Waals surface area contributed by atoms with Crippen LogP contribution in [0.4, 0.5) is 19.1 Å². The van der Waals surface area contributed by atoms with Crippen LogP contribution in [0.3, 0.4) is 0 Å². The van der Waals surface area contributed by atoms with Crippen molar-refractivity contribution in [1.82, 2.24) is 25.0 Å². The van der Waals surface area contributed by atoms with Crippen LogP contribution < -0.4 is 5.32 Å². The van der Waals surface area contributed by atoms with Gasteiger partial charge in [0.15, 0.2) is 0 Å². The SMILES string of the molecule is FC(F)(F)c1nc(NCc2ccnn2CC2CC2)n[nH]1. The van der Waals surface area contributed by atoms with Gasteiger partial charge in [-0.05, 0) is 24.8 Å². The average Bonchev–Trinajstić information content (AvgIpc) is 2.89. The molecule has 3 rings (SSSR count). The molecule has 2 N–H and O–H groups in total. The van der Waals surface area contributed by atoms with Gasteiger partial charge in [-0.2, -0.15) is 23.3 Å². The first-order valence-electron chi connectivity index (χ1n) is 6.26. The highest BCUT2D eigenvalue weighted by atomic mass is 19.4. The average molecular weight is 286 g/mol. The number of aromatic nitrogens is 5. The van der Waals surface area contributed by atoms with Crippen molar-refractivity contribution in [3.8, 4) is 0 Å². The monoisotopic (exact) mass is 286 g/mol. The normalized spacial score (nSPS) is 15.6. The molecule has 1 saturated carbocycles. The maximum Gasteiger partial charge on any atom is 0.451 e. The lowest BCUT2D eigenvalue weighted by Gasteiger charge is -2.06. The lowest BCUT2D eigenvalue weighted by Crippen LogP contribution is -2.11. The second kappa shape index (κ2) is 4.80. The minimum absolute atomic E-state index is 0.0727. The smallest absolute Gasteiger partial charge is 0.347 e. The van der Waals surface area contributed by atoms with E-state index in [4.69, 9.17) is 0 Å². The summed E-state index contributed by atoms with van der Waals surface area (Å²) in [5.74, 6) is -0.503. The highest BCUT2D eigenvalue weighted by molar-refractivity contribution is 5.24. The van der Waals surface area contributed by atoms with E-state index in [1.54, 1.807) is 6.20 Å². The summed E-state index contributed by atoms with van der Waals surface area (Å²) in [5.41, 5.74) is 0.898. The minimum Gasteiger partial charge on any atom is -0.347 e. The van der Waals surface area contributed by atoms with E-state index >= 15 is 0 Å². The minimum atomic E-state index is -4.51. The number of aromatic amines is 1. The highest BCUT2D eigenvalue weighted by Gasteiger charge is 2.35. The summed E-state index contributed by atoms with van der Waals surface area (Å²) >= 11 is 0. The van der Waals surface area contributed by atoms with E-state index in [0.717, 1.165) is 12.2 Å². The van der Waals surface area contributed by atoms with Crippen LogP contribution in [-0.4, -0.2) is 25.0 Å². The molecule has 0 unspecified atom stereocenters. The van der Waals surface area contributed by atoms with Gasteiger partial charge in [-0.15, -0.1) is 5.10 Å². The number of halogens is 3. The summed E-state index contributed by atoms with van der Waals surface area (Å²) in [4.78, 5) is 3.35. The summed E-state index contributed by atoms with van der Waals surface area (Å²) in [6.45, 7) is 1.19. The predicted octanol–water partition coefficient (Wildman–Crippen LogP) is 2.04. The molecule has 1 aliphatic rings. The third kappa shape index (κ3) is 2.91. The predicted molar refractivity (Wildman–Crippen MR) is 63.7 cm³/mol. The summed E-state index contributed by atoms with van der Waals surface area (Å²) in [6, 6.07) is 1.83. The van der Waals surface area contributed by atoms with Crippen LogP contribution in [0.1, 0.15) is 24.4 Å². The Labute approximate surface area is 112 Å². The summed E-state index contributed by atoms with van der Waals surface area (Å²) in [6.07, 6.45) is -0.412. The van der Waals surface area contributed by atoms with Gasteiger partial charge in [0.1, 0.15) is 0 Å². The molecule has 0 aliphatic heterocycles. The van der Waals surface area contributed by atoms with E-state index in [0.29, 0.717) is 12.5 Å². The van der Waals surface area contributed by atoms with Crippen LogP contribution in [0.15, 0.2) is 12.3 Å². The Morgan fingerprint density at radius 1 is 1.40 bits per heavy atom. The second-order valence-corrected chi connectivity index (χ2v) is 4.81. The van der Waals surface area contributed by atoms with Gasteiger partial charge in [-0.1, -0.05) is 0 Å². The zero-order chi connectivity index (χ0) is 14.2. The molecule has 0 saturated heterocycles. The molecule has 0 atom stereocenters. The largest absolute Gasteiger partial charge is 0.451 e. The highest BCUT2D eigenvalue weighted by Crippen LogP contribution is 2.30. The zero-order valence-corrected chi connectivity index (χ0v) is 10.5. The zero-order valence-electron chi connectivity index (χ0n) is 10.5. The molecule has 2 aromatic heterocycles. The quantitative estimate of drug-likeness (QED) is 0.882. The van der Waals surface area contributed by atoms with Gasteiger partial charge in [-0.25, -0.2) is 0 Å². The van der Waals surface area contributed by atoms with E-state index in [1.165, 1.54) is 12.8 Å². The van der Waals surface area contributed by atoms with Gasteiger partial charge < -0.3 is 5.32 Å². The lowest BCUT2D eigenvalue weighted by molar-refractivity contribution is -0.144. The molecule has 1 fully saturated rings. The van der Waals surface area contributed by atoms with Gasteiger partial charge in [0.25, 0.3) is 0 Å². The topological polar surface area (TPSA) is 71.4 Å². The first kappa shape index (κ1) is 12.9. The van der Waals surface area contributed by atoms with Gasteiger partial charge in [0, 0.05) is 12.7 Å². The molecule has 2 heterocycles. The first-order chi connectivity index (χ1) is 9.52. The van der Waals surface area contributed by atoms with Gasteiger partial charge in [-0.3, -0.25) is 9.78 Å². The van der Waals surface area contributed by atoms with Gasteiger partial charge >= 0.3 is 6.18 Å². The van der Waals surface area contributed by atoms with Crippen molar-refractivity contribution in [2.24, 2.45) is 5.92 Å². The third-order valence-corrected chi connectivity index (χ3v) is 3.11. The number of hydrogen-bond donors (Lipinski definition) is 2. The van der Waals surface area contributed by atoms with E-state index in [9.17, 15) is 13.2 Å². The molecule has 0 amide bonds. The number of anilines is 1. The molecule has 0 bridgehead atoms. The van der Waals surface area contributed by atoms with Crippen LogP contribution in [0.5, 0.6) is 0 Å². The molecule has 0 spiro atoms. The van der Waals surface area contributed by atoms with E-state index < -0.39 is 12.0 Å². The molecule has 20 heavy (non-hydrogen) atoms. The third-order valence-electron chi connectivity index (χ3n) is 3.11. The van der Waals surface area contributed by atoms with Crippen LogP contribution in [0.2, 0.25) is 0 Å². The molecule has 0 radical (unpaired) electrons.